The van der Waals surface area contributed by atoms with Gasteiger partial charge in [0.05, 0.1) is 0 Å². The maximum Gasteiger partial charge on any atom is 0.326 e. The summed E-state index contributed by atoms with van der Waals surface area (Å²) in [6.45, 7) is 4.97. The molecule has 0 aromatic rings. The van der Waals surface area contributed by atoms with Crippen molar-refractivity contribution in [2.75, 3.05) is 6.54 Å². The highest BCUT2D eigenvalue weighted by atomic mass is 16.5. The topological polar surface area (TPSA) is 119 Å². The summed E-state index contributed by atoms with van der Waals surface area (Å²) < 4.78 is 6.10. The van der Waals surface area contributed by atoms with Crippen LogP contribution < -0.4 is 11.1 Å². The lowest BCUT2D eigenvalue weighted by Gasteiger charge is -2.18. The Balaban J connectivity index is 4.24. The molecule has 7 heteroatoms. The van der Waals surface area contributed by atoms with Crippen molar-refractivity contribution in [2.45, 2.75) is 302 Å². The maximum atomic E-state index is 12.9. The van der Waals surface area contributed by atoms with Gasteiger partial charge in [-0.3, -0.25) is 9.59 Å². The summed E-state index contributed by atoms with van der Waals surface area (Å²) in [5, 5.41) is 12.0. The highest BCUT2D eigenvalue weighted by Gasteiger charge is 2.19. The molecule has 0 bridgehead atoms. The van der Waals surface area contributed by atoms with Crippen LogP contribution in [-0.4, -0.2) is 41.6 Å². The summed E-state index contributed by atoms with van der Waals surface area (Å²) >= 11 is 0. The second kappa shape index (κ2) is 49.9. The van der Waals surface area contributed by atoms with E-state index in [4.69, 9.17) is 10.5 Å². The number of hydrogen-bond donors (Lipinski definition) is 3. The minimum atomic E-state index is -1.00. The highest BCUT2D eigenvalue weighted by molar-refractivity contribution is 5.83. The fourth-order valence-electron chi connectivity index (χ4n) is 8.43. The molecular formula is C55H104N2O5. The predicted octanol–water partition coefficient (Wildman–Crippen LogP) is 16.4. The largest absolute Gasteiger partial charge is 0.480 e. The lowest BCUT2D eigenvalue weighted by atomic mass is 10.0. The number of rotatable bonds is 50. The van der Waals surface area contributed by atoms with Crippen molar-refractivity contribution >= 4 is 17.8 Å². The van der Waals surface area contributed by atoms with Crippen molar-refractivity contribution in [3.05, 3.63) is 24.3 Å². The van der Waals surface area contributed by atoms with Crippen molar-refractivity contribution in [1.29, 1.82) is 0 Å². The highest BCUT2D eigenvalue weighted by Crippen LogP contribution is 2.20. The van der Waals surface area contributed by atoms with Crippen LogP contribution in [0, 0.1) is 0 Å². The zero-order valence-electron chi connectivity index (χ0n) is 41.2. The number of ether oxygens (including phenoxy) is 1. The lowest BCUT2D eigenvalue weighted by molar-refractivity contribution is -0.150. The average molecular weight is 873 g/mol. The van der Waals surface area contributed by atoms with E-state index >= 15 is 0 Å². The van der Waals surface area contributed by atoms with E-state index in [2.05, 4.69) is 43.5 Å². The molecule has 0 aliphatic heterocycles. The number of hydrogen-bond acceptors (Lipinski definition) is 5. The van der Waals surface area contributed by atoms with Crippen molar-refractivity contribution in [1.82, 2.24) is 5.32 Å². The van der Waals surface area contributed by atoms with Gasteiger partial charge in [-0.05, 0) is 90.0 Å². The maximum absolute atomic E-state index is 12.9. The van der Waals surface area contributed by atoms with Crippen LogP contribution in [0.2, 0.25) is 0 Å². The summed E-state index contributed by atoms with van der Waals surface area (Å²) in [7, 11) is 0. The molecule has 7 nitrogen and oxygen atoms in total. The minimum Gasteiger partial charge on any atom is -0.480 e. The van der Waals surface area contributed by atoms with Gasteiger partial charge >= 0.3 is 11.9 Å². The number of carbonyl (C=O) groups excluding carboxylic acids is 2. The van der Waals surface area contributed by atoms with E-state index in [0.717, 1.165) is 70.6 Å². The second-order valence-corrected chi connectivity index (χ2v) is 18.6. The fourth-order valence-corrected chi connectivity index (χ4v) is 8.43. The molecule has 0 aliphatic carbocycles. The number of amides is 1. The quantitative estimate of drug-likeness (QED) is 0.0318. The molecule has 0 aromatic heterocycles. The van der Waals surface area contributed by atoms with Gasteiger partial charge in [0.25, 0.3) is 0 Å². The molecule has 2 atom stereocenters. The lowest BCUT2D eigenvalue weighted by Crippen LogP contribution is -2.40. The molecule has 1 amide bonds. The van der Waals surface area contributed by atoms with E-state index in [0.29, 0.717) is 32.2 Å². The van der Waals surface area contributed by atoms with Gasteiger partial charge in [-0.1, -0.05) is 218 Å². The SMILES string of the molecule is CCCCCCC/C=C\C/C=C\CCCCCCCCCCCC(=O)OC(CCCCCCCCCCCCCCCCC)CCCCCCCC(=O)NC(CCCN)C(=O)O. The number of carbonyl (C=O) groups is 3. The predicted molar refractivity (Wildman–Crippen MR) is 267 cm³/mol. The minimum absolute atomic E-state index is 0.0129. The Morgan fingerprint density at radius 2 is 0.839 bits per heavy atom. The van der Waals surface area contributed by atoms with Gasteiger partial charge in [0.15, 0.2) is 0 Å². The Morgan fingerprint density at radius 1 is 0.468 bits per heavy atom. The fraction of sp³-hybridized carbons (Fsp3) is 0.873. The first-order valence-electron chi connectivity index (χ1n) is 27.2. The summed E-state index contributed by atoms with van der Waals surface area (Å²) in [6, 6.07) is -0.856. The van der Waals surface area contributed by atoms with Gasteiger partial charge in [0, 0.05) is 12.8 Å². The summed E-state index contributed by atoms with van der Waals surface area (Å²) in [6.07, 6.45) is 59.6. The first-order valence-corrected chi connectivity index (χ1v) is 27.2. The molecule has 0 heterocycles. The van der Waals surface area contributed by atoms with Gasteiger partial charge in [-0.15, -0.1) is 0 Å². The summed E-state index contributed by atoms with van der Waals surface area (Å²) in [5.41, 5.74) is 5.51. The van der Waals surface area contributed by atoms with E-state index in [9.17, 15) is 19.5 Å². The van der Waals surface area contributed by atoms with Crippen LogP contribution in [-0.2, 0) is 19.1 Å². The van der Waals surface area contributed by atoms with Crippen molar-refractivity contribution in [3.63, 3.8) is 0 Å². The van der Waals surface area contributed by atoms with E-state index < -0.39 is 12.0 Å². The number of nitrogens with one attached hydrogen (secondary N) is 1. The molecule has 0 saturated heterocycles. The van der Waals surface area contributed by atoms with Crippen LogP contribution in [0.15, 0.2) is 24.3 Å². The van der Waals surface area contributed by atoms with Gasteiger partial charge in [-0.2, -0.15) is 0 Å². The summed E-state index contributed by atoms with van der Waals surface area (Å²) in [4.78, 5) is 36.6. The zero-order chi connectivity index (χ0) is 45.2. The third kappa shape index (κ3) is 45.9. The van der Waals surface area contributed by atoms with E-state index in [1.165, 1.54) is 180 Å². The Morgan fingerprint density at radius 3 is 1.24 bits per heavy atom. The molecule has 0 fully saturated rings. The second-order valence-electron chi connectivity index (χ2n) is 18.6. The van der Waals surface area contributed by atoms with Gasteiger partial charge in [0.1, 0.15) is 12.1 Å². The van der Waals surface area contributed by atoms with Crippen LogP contribution in [0.25, 0.3) is 0 Å². The molecule has 0 radical (unpaired) electrons. The van der Waals surface area contributed by atoms with Crippen LogP contribution in [0.5, 0.6) is 0 Å². The van der Waals surface area contributed by atoms with Gasteiger partial charge < -0.3 is 20.9 Å². The number of esters is 1. The normalized spacial score (nSPS) is 12.7. The molecule has 0 aromatic carbocycles. The monoisotopic (exact) mass is 873 g/mol. The number of allylic oxidation sites excluding steroid dienone is 4. The third-order valence-corrected chi connectivity index (χ3v) is 12.5. The first kappa shape index (κ1) is 59.9. The molecule has 4 N–H and O–H groups in total. The van der Waals surface area contributed by atoms with E-state index in [1.54, 1.807) is 0 Å². The van der Waals surface area contributed by atoms with Gasteiger partial charge in [0.2, 0.25) is 5.91 Å². The standard InChI is InChI=1S/C55H104N2O5/c1-3-5-7-9-11-13-15-17-19-20-21-22-23-24-26-28-30-32-34-39-43-49-54(59)62-51(45-40-36-33-31-29-27-25-18-16-14-12-10-8-6-4-2)46-41-37-35-38-42-48-53(58)57-52(55(60)61)47-44-50-56/h15,17,20-21,51-52H,3-14,16,18-19,22-50,56H2,1-2H3,(H,57,58)(H,60,61)/b17-15-,21-20-. The molecule has 0 rings (SSSR count). The molecule has 2 unspecified atom stereocenters. The van der Waals surface area contributed by atoms with Crippen LogP contribution in [0.4, 0.5) is 0 Å². The molecule has 0 saturated carbocycles. The molecular weight excluding hydrogens is 769 g/mol. The molecule has 0 aliphatic rings. The van der Waals surface area contributed by atoms with Gasteiger partial charge in [-0.25, -0.2) is 4.79 Å². The Bertz CT molecular complexity index is 1030. The van der Waals surface area contributed by atoms with Crippen LogP contribution >= 0.6 is 0 Å². The average Bonchev–Trinajstić information content (AvgIpc) is 3.26. The van der Waals surface area contributed by atoms with Crippen LogP contribution in [0.3, 0.4) is 0 Å². The van der Waals surface area contributed by atoms with E-state index in [-0.39, 0.29) is 18.0 Å². The van der Waals surface area contributed by atoms with E-state index in [1.807, 2.05) is 0 Å². The molecule has 364 valence electrons. The number of carboxylic acids is 1. The Labute approximate surface area is 384 Å². The number of unbranched alkanes of at least 4 members (excludes halogenated alkanes) is 32. The molecule has 62 heavy (non-hydrogen) atoms. The first-order chi connectivity index (χ1) is 30.4. The summed E-state index contributed by atoms with van der Waals surface area (Å²) in [5.74, 6) is -1.22. The number of carboxylic acid groups (broad SMARTS) is 1. The number of aliphatic carboxylic acids is 1. The van der Waals surface area contributed by atoms with Crippen molar-refractivity contribution in [3.8, 4) is 0 Å². The number of nitrogens with two attached hydrogens (primary N) is 1. The zero-order valence-corrected chi connectivity index (χ0v) is 41.2. The molecule has 0 spiro atoms. The van der Waals surface area contributed by atoms with Crippen molar-refractivity contribution in [2.24, 2.45) is 5.73 Å². The Kier molecular flexibility index (Phi) is 48.1. The third-order valence-electron chi connectivity index (χ3n) is 12.5. The van der Waals surface area contributed by atoms with Crippen molar-refractivity contribution < 1.29 is 24.2 Å². The Hall–Kier alpha value is -2.15. The van der Waals surface area contributed by atoms with Crippen LogP contribution in [0.1, 0.15) is 290 Å². The smallest absolute Gasteiger partial charge is 0.326 e.